The van der Waals surface area contributed by atoms with E-state index < -0.39 is 11.1 Å². The van der Waals surface area contributed by atoms with Gasteiger partial charge in [0.25, 0.3) is 0 Å². The molecule has 0 fully saturated rings. The SMILES string of the molecule is Fc1cc(-c2ccc(CP(Br)(c3ccccc3)(c3ccccc3)c3ccccc3)cc2)ccc1Cl. The van der Waals surface area contributed by atoms with Crippen LogP contribution in [0.4, 0.5) is 4.39 Å². The van der Waals surface area contributed by atoms with E-state index in [9.17, 15) is 4.39 Å². The summed E-state index contributed by atoms with van der Waals surface area (Å²) in [6, 6.07) is 45.6. The van der Waals surface area contributed by atoms with Gasteiger partial charge in [-0.15, -0.1) is 0 Å². The Balaban J connectivity index is 1.68. The molecule has 0 aliphatic rings. The fraction of sp³-hybridized carbons (Fsp3) is 0.0323. The first-order valence-electron chi connectivity index (χ1n) is 11.4. The third-order valence-electron chi connectivity index (χ3n) is 6.57. The molecule has 0 amide bonds. The van der Waals surface area contributed by atoms with E-state index in [1.807, 2.05) is 6.07 Å². The van der Waals surface area contributed by atoms with Crippen LogP contribution in [0, 0.1) is 5.82 Å². The van der Waals surface area contributed by atoms with E-state index in [0.29, 0.717) is 0 Å². The molecule has 0 aliphatic heterocycles. The Morgan fingerprint density at radius 1 is 0.571 bits per heavy atom. The summed E-state index contributed by atoms with van der Waals surface area (Å²) < 4.78 is 14.0. The summed E-state index contributed by atoms with van der Waals surface area (Å²) in [5, 5.41) is 0.905. The van der Waals surface area contributed by atoms with Gasteiger partial charge in [0.2, 0.25) is 0 Å². The maximum absolute atomic E-state index is 14.0. The molecule has 5 aromatic rings. The Kier molecular flexibility index (Phi) is 6.64. The van der Waals surface area contributed by atoms with Crippen LogP contribution in [0.3, 0.4) is 0 Å². The Bertz CT molecular complexity index is 1340. The van der Waals surface area contributed by atoms with E-state index in [1.165, 1.54) is 27.5 Å². The first-order chi connectivity index (χ1) is 17.0. The Hall–Kier alpha value is -2.77. The minimum absolute atomic E-state index is 0.135. The molecule has 0 aromatic heterocycles. The molecule has 0 nitrogen and oxygen atoms in total. The minimum atomic E-state index is -3.06. The van der Waals surface area contributed by atoms with Crippen molar-refractivity contribution in [2.24, 2.45) is 0 Å². The Labute approximate surface area is 219 Å². The molecular formula is C31H24BrClFP. The third kappa shape index (κ3) is 4.36. The second kappa shape index (κ2) is 9.70. The fourth-order valence-corrected chi connectivity index (χ4v) is 12.6. The number of halogens is 3. The standard InChI is InChI=1S/C31H24BrClFP/c32-35(27-10-4-1-5-11-27,28-12-6-2-7-13-28,29-14-8-3-9-15-29)23-24-16-18-25(19-17-24)26-20-21-30(33)31(34)22-26/h1-22H,23H2. The molecule has 5 aromatic carbocycles. The van der Waals surface area contributed by atoms with E-state index in [2.05, 4.69) is 131 Å². The van der Waals surface area contributed by atoms with Crippen molar-refractivity contribution in [1.29, 1.82) is 0 Å². The van der Waals surface area contributed by atoms with E-state index in [-0.39, 0.29) is 5.02 Å². The normalized spacial score (nSPS) is 12.6. The van der Waals surface area contributed by atoms with Crippen molar-refractivity contribution in [3.8, 4) is 11.1 Å². The number of hydrogen-bond acceptors (Lipinski definition) is 0. The summed E-state index contributed by atoms with van der Waals surface area (Å²) in [5.74, 6) is -0.407. The van der Waals surface area contributed by atoms with Crippen molar-refractivity contribution >= 4 is 48.3 Å². The van der Waals surface area contributed by atoms with Crippen molar-refractivity contribution in [2.75, 3.05) is 0 Å². The van der Waals surface area contributed by atoms with Gasteiger partial charge in [-0.2, -0.15) is 0 Å². The monoisotopic (exact) mass is 560 g/mol. The molecule has 0 saturated carbocycles. The van der Waals surface area contributed by atoms with Gasteiger partial charge < -0.3 is 0 Å². The molecule has 0 unspecified atom stereocenters. The van der Waals surface area contributed by atoms with E-state index in [4.69, 9.17) is 11.6 Å². The van der Waals surface area contributed by atoms with Gasteiger partial charge in [-0.1, -0.05) is 0 Å². The van der Waals surface area contributed by atoms with Crippen LogP contribution in [-0.2, 0) is 6.16 Å². The third-order valence-corrected chi connectivity index (χ3v) is 16.4. The van der Waals surface area contributed by atoms with E-state index in [1.54, 1.807) is 6.07 Å². The Morgan fingerprint density at radius 3 is 1.43 bits per heavy atom. The van der Waals surface area contributed by atoms with Gasteiger partial charge in [-0.05, 0) is 0 Å². The van der Waals surface area contributed by atoms with Crippen LogP contribution in [0.5, 0.6) is 0 Å². The van der Waals surface area contributed by atoms with Crippen LogP contribution in [0.15, 0.2) is 133 Å². The number of rotatable bonds is 6. The van der Waals surface area contributed by atoms with E-state index >= 15 is 0 Å². The first kappa shape index (κ1) is 23.9. The average Bonchev–Trinajstić information content (AvgIpc) is 2.92. The molecule has 4 heteroatoms. The molecule has 0 radical (unpaired) electrons. The van der Waals surface area contributed by atoms with Crippen LogP contribution < -0.4 is 15.9 Å². The maximum atomic E-state index is 14.0. The van der Waals surface area contributed by atoms with Gasteiger partial charge >= 0.3 is 220 Å². The number of hydrogen-bond donors (Lipinski definition) is 0. The molecule has 174 valence electrons. The fourth-order valence-electron chi connectivity index (χ4n) is 4.76. The predicted octanol–water partition coefficient (Wildman–Crippen LogP) is 8.49. The molecule has 5 rings (SSSR count). The quantitative estimate of drug-likeness (QED) is 0.182. The van der Waals surface area contributed by atoms with Crippen molar-refractivity contribution < 1.29 is 4.39 Å². The van der Waals surface area contributed by atoms with Gasteiger partial charge in [0, 0.05) is 0 Å². The summed E-state index contributed by atoms with van der Waals surface area (Å²) in [6.45, 7) is 0. The molecule has 0 atom stereocenters. The predicted molar refractivity (Wildman–Crippen MR) is 155 cm³/mol. The van der Waals surface area contributed by atoms with Crippen LogP contribution in [0.1, 0.15) is 5.56 Å². The summed E-state index contributed by atoms with van der Waals surface area (Å²) in [7, 11) is 0. The van der Waals surface area contributed by atoms with Crippen LogP contribution in [-0.4, -0.2) is 0 Å². The molecule has 0 saturated heterocycles. The Morgan fingerprint density at radius 2 is 1.00 bits per heavy atom. The molecule has 0 heterocycles. The van der Waals surface area contributed by atoms with Crippen LogP contribution in [0.25, 0.3) is 11.1 Å². The molecule has 0 spiro atoms. The molecule has 0 bridgehead atoms. The van der Waals surface area contributed by atoms with Gasteiger partial charge in [-0.25, -0.2) is 0 Å². The second-order valence-electron chi connectivity index (χ2n) is 8.67. The van der Waals surface area contributed by atoms with Gasteiger partial charge in [0.05, 0.1) is 0 Å². The molecule has 0 N–H and O–H groups in total. The van der Waals surface area contributed by atoms with E-state index in [0.717, 1.165) is 17.3 Å². The molecule has 0 aliphatic carbocycles. The van der Waals surface area contributed by atoms with Gasteiger partial charge in [0.1, 0.15) is 0 Å². The zero-order chi connectivity index (χ0) is 24.3. The summed E-state index contributed by atoms with van der Waals surface area (Å²) in [4.78, 5) is 0. The molecular weight excluding hydrogens is 538 g/mol. The van der Waals surface area contributed by atoms with Crippen molar-refractivity contribution in [1.82, 2.24) is 0 Å². The summed E-state index contributed by atoms with van der Waals surface area (Å²) in [6.07, 6.45) is 0.804. The summed E-state index contributed by atoms with van der Waals surface area (Å²) >= 11 is 10.4. The summed E-state index contributed by atoms with van der Waals surface area (Å²) in [5.41, 5.74) is 2.97. The van der Waals surface area contributed by atoms with Crippen molar-refractivity contribution in [2.45, 2.75) is 6.16 Å². The van der Waals surface area contributed by atoms with Crippen LogP contribution in [0.2, 0.25) is 5.02 Å². The first-order valence-corrected chi connectivity index (χ1v) is 16.2. The zero-order valence-corrected chi connectivity index (χ0v) is 22.2. The van der Waals surface area contributed by atoms with Crippen LogP contribution >= 0.6 is 32.4 Å². The van der Waals surface area contributed by atoms with Gasteiger partial charge in [0.15, 0.2) is 0 Å². The van der Waals surface area contributed by atoms with Crippen molar-refractivity contribution in [3.05, 3.63) is 150 Å². The van der Waals surface area contributed by atoms with Gasteiger partial charge in [-0.3, -0.25) is 0 Å². The molecule has 35 heavy (non-hydrogen) atoms. The average molecular weight is 562 g/mol. The number of benzene rings is 5. The topological polar surface area (TPSA) is 0 Å². The second-order valence-corrected chi connectivity index (χ2v) is 18.0. The zero-order valence-electron chi connectivity index (χ0n) is 19.0. The van der Waals surface area contributed by atoms with Crippen molar-refractivity contribution in [3.63, 3.8) is 0 Å².